The van der Waals surface area contributed by atoms with Gasteiger partial charge in [-0.3, -0.25) is 4.79 Å². The highest BCUT2D eigenvalue weighted by Gasteiger charge is 2.34. The van der Waals surface area contributed by atoms with Gasteiger partial charge in [0.25, 0.3) is 5.91 Å². The topological polar surface area (TPSA) is 90.9 Å². The predicted molar refractivity (Wildman–Crippen MR) is 129 cm³/mol. The number of methoxy groups -OCH3 is 1. The molecule has 0 bridgehead atoms. The minimum atomic E-state index is -0.759. The normalized spacial score (nSPS) is 19.9. The van der Waals surface area contributed by atoms with Gasteiger partial charge >= 0.3 is 11.9 Å². The Morgan fingerprint density at radius 2 is 1.71 bits per heavy atom. The number of hydrogen-bond donors (Lipinski definition) is 1. The van der Waals surface area contributed by atoms with Gasteiger partial charge in [0.2, 0.25) is 0 Å². The minimum Gasteiger partial charge on any atom is -0.497 e. The number of esters is 2. The molecule has 2 aromatic rings. The molecule has 0 spiro atoms. The first-order valence-electron chi connectivity index (χ1n) is 11.7. The van der Waals surface area contributed by atoms with Gasteiger partial charge in [-0.05, 0) is 54.9 Å². The summed E-state index contributed by atoms with van der Waals surface area (Å²) in [4.78, 5) is 38.0. The lowest BCUT2D eigenvalue weighted by atomic mass is 9.75. The van der Waals surface area contributed by atoms with Crippen molar-refractivity contribution >= 4 is 23.5 Å². The summed E-state index contributed by atoms with van der Waals surface area (Å²) in [5.74, 6) is -0.0416. The predicted octanol–water partition coefficient (Wildman–Crippen LogP) is 5.11. The quantitative estimate of drug-likeness (QED) is 0.543. The van der Waals surface area contributed by atoms with E-state index in [2.05, 4.69) is 26.1 Å². The maximum absolute atomic E-state index is 13.0. The lowest BCUT2D eigenvalue weighted by molar-refractivity contribution is -0.119. The van der Waals surface area contributed by atoms with Gasteiger partial charge in [0.15, 0.2) is 6.61 Å². The number of benzene rings is 2. The largest absolute Gasteiger partial charge is 0.497 e. The standard InChI is InChI=1S/C27H33NO6/c1-17(2)21-13-12-18(3)14-24(21)34-27(31)23-11-6-5-10-22(23)26(30)33-16-25(29)28-19-8-7-9-20(15-19)32-4/h5-11,15,17-18,21,24H,12-14,16H2,1-4H3,(H,28,29)/t18-,21-,24-/m1/s1. The minimum absolute atomic E-state index is 0.0756. The highest BCUT2D eigenvalue weighted by atomic mass is 16.5. The highest BCUT2D eigenvalue weighted by molar-refractivity contribution is 6.04. The first-order valence-corrected chi connectivity index (χ1v) is 11.7. The molecule has 0 heterocycles. The second kappa shape index (κ2) is 11.7. The number of carbonyl (C=O) groups is 3. The average Bonchev–Trinajstić information content (AvgIpc) is 2.82. The van der Waals surface area contributed by atoms with Crippen molar-refractivity contribution in [2.75, 3.05) is 19.0 Å². The maximum Gasteiger partial charge on any atom is 0.339 e. The zero-order chi connectivity index (χ0) is 24.7. The Bertz CT molecular complexity index is 1020. The molecule has 34 heavy (non-hydrogen) atoms. The molecule has 3 atom stereocenters. The first kappa shape index (κ1) is 25.3. The van der Waals surface area contributed by atoms with E-state index in [9.17, 15) is 14.4 Å². The molecule has 1 fully saturated rings. The summed E-state index contributed by atoms with van der Waals surface area (Å²) >= 11 is 0. The molecule has 2 aromatic carbocycles. The molecule has 7 nitrogen and oxygen atoms in total. The summed E-state index contributed by atoms with van der Waals surface area (Å²) in [6.45, 7) is 5.96. The van der Waals surface area contributed by atoms with Crippen molar-refractivity contribution < 1.29 is 28.6 Å². The zero-order valence-corrected chi connectivity index (χ0v) is 20.2. The van der Waals surface area contributed by atoms with Crippen LogP contribution in [0.25, 0.3) is 0 Å². The van der Waals surface area contributed by atoms with Gasteiger partial charge in [0.1, 0.15) is 11.9 Å². The van der Waals surface area contributed by atoms with Gasteiger partial charge < -0.3 is 19.5 Å². The third kappa shape index (κ3) is 6.59. The van der Waals surface area contributed by atoms with Crippen molar-refractivity contribution in [1.82, 2.24) is 0 Å². The van der Waals surface area contributed by atoms with Gasteiger partial charge in [-0.25, -0.2) is 9.59 Å². The second-order valence-corrected chi connectivity index (χ2v) is 9.17. The summed E-state index contributed by atoms with van der Waals surface area (Å²) in [7, 11) is 1.53. The summed E-state index contributed by atoms with van der Waals surface area (Å²) in [6, 6.07) is 13.2. The van der Waals surface area contributed by atoms with E-state index < -0.39 is 24.5 Å². The number of rotatable bonds is 8. The van der Waals surface area contributed by atoms with Crippen LogP contribution in [0.4, 0.5) is 5.69 Å². The summed E-state index contributed by atoms with van der Waals surface area (Å²) in [5.41, 5.74) is 0.735. The Morgan fingerprint density at radius 3 is 2.38 bits per heavy atom. The molecule has 0 saturated heterocycles. The Labute approximate surface area is 200 Å². The van der Waals surface area contributed by atoms with E-state index in [0.29, 0.717) is 29.2 Å². The van der Waals surface area contributed by atoms with E-state index >= 15 is 0 Å². The van der Waals surface area contributed by atoms with Crippen LogP contribution in [0, 0.1) is 17.8 Å². The van der Waals surface area contributed by atoms with Crippen LogP contribution < -0.4 is 10.1 Å². The molecular weight excluding hydrogens is 434 g/mol. The van der Waals surface area contributed by atoms with Crippen LogP contribution in [0.15, 0.2) is 48.5 Å². The van der Waals surface area contributed by atoms with E-state index in [4.69, 9.17) is 14.2 Å². The van der Waals surface area contributed by atoms with Crippen LogP contribution in [-0.4, -0.2) is 37.7 Å². The molecule has 0 aliphatic heterocycles. The first-order chi connectivity index (χ1) is 16.3. The van der Waals surface area contributed by atoms with Gasteiger partial charge in [0, 0.05) is 11.8 Å². The smallest absolute Gasteiger partial charge is 0.339 e. The fourth-order valence-electron chi connectivity index (χ4n) is 4.40. The van der Waals surface area contributed by atoms with Crippen LogP contribution in [0.1, 0.15) is 60.7 Å². The van der Waals surface area contributed by atoms with E-state index in [1.165, 1.54) is 13.2 Å². The Hall–Kier alpha value is -3.35. The zero-order valence-electron chi connectivity index (χ0n) is 20.2. The molecular formula is C27H33NO6. The highest BCUT2D eigenvalue weighted by Crippen LogP contribution is 2.35. The number of hydrogen-bond acceptors (Lipinski definition) is 6. The maximum atomic E-state index is 13.0. The number of amides is 1. The molecule has 7 heteroatoms. The third-order valence-corrected chi connectivity index (χ3v) is 6.27. The molecule has 0 unspecified atom stereocenters. The number of anilines is 1. The summed E-state index contributed by atoms with van der Waals surface area (Å²) in [6.07, 6.45) is 2.76. The van der Waals surface area contributed by atoms with Crippen molar-refractivity contribution in [2.24, 2.45) is 17.8 Å². The Morgan fingerprint density at radius 1 is 1.00 bits per heavy atom. The van der Waals surface area contributed by atoms with E-state index in [1.54, 1.807) is 42.5 Å². The van der Waals surface area contributed by atoms with Gasteiger partial charge in [-0.15, -0.1) is 0 Å². The van der Waals surface area contributed by atoms with Gasteiger partial charge in [0.05, 0.1) is 18.2 Å². The molecule has 1 aliphatic rings. The molecule has 1 N–H and O–H groups in total. The molecule has 1 amide bonds. The number of nitrogens with one attached hydrogen (secondary N) is 1. The summed E-state index contributed by atoms with van der Waals surface area (Å²) in [5, 5.41) is 2.65. The van der Waals surface area contributed by atoms with Crippen molar-refractivity contribution in [1.29, 1.82) is 0 Å². The van der Waals surface area contributed by atoms with E-state index in [0.717, 1.165) is 19.3 Å². The SMILES string of the molecule is COc1cccc(NC(=O)COC(=O)c2ccccc2C(=O)O[C@@H]2C[C@H](C)CC[C@@H]2C(C)C)c1. The van der Waals surface area contributed by atoms with Crippen molar-refractivity contribution in [3.8, 4) is 5.75 Å². The molecule has 0 radical (unpaired) electrons. The van der Waals surface area contributed by atoms with E-state index in [1.807, 2.05) is 0 Å². The van der Waals surface area contributed by atoms with Crippen molar-refractivity contribution in [3.63, 3.8) is 0 Å². The van der Waals surface area contributed by atoms with Crippen LogP contribution in [0.2, 0.25) is 0 Å². The van der Waals surface area contributed by atoms with Crippen LogP contribution in [0.3, 0.4) is 0 Å². The van der Waals surface area contributed by atoms with Gasteiger partial charge in [-0.1, -0.05) is 45.4 Å². The molecule has 1 saturated carbocycles. The van der Waals surface area contributed by atoms with Crippen LogP contribution >= 0.6 is 0 Å². The van der Waals surface area contributed by atoms with Crippen LogP contribution in [-0.2, 0) is 14.3 Å². The second-order valence-electron chi connectivity index (χ2n) is 9.17. The Kier molecular flexibility index (Phi) is 8.68. The monoisotopic (exact) mass is 467 g/mol. The Balaban J connectivity index is 1.63. The molecule has 3 rings (SSSR count). The number of carbonyl (C=O) groups excluding carboxylic acids is 3. The average molecular weight is 468 g/mol. The fourth-order valence-corrected chi connectivity index (χ4v) is 4.40. The summed E-state index contributed by atoms with van der Waals surface area (Å²) < 4.78 is 16.2. The molecule has 182 valence electrons. The molecule has 1 aliphatic carbocycles. The van der Waals surface area contributed by atoms with Crippen molar-refractivity contribution in [3.05, 3.63) is 59.7 Å². The lowest BCUT2D eigenvalue weighted by Gasteiger charge is -2.36. The van der Waals surface area contributed by atoms with Crippen LogP contribution in [0.5, 0.6) is 5.75 Å². The van der Waals surface area contributed by atoms with Crippen molar-refractivity contribution in [2.45, 2.75) is 46.1 Å². The molecule has 0 aromatic heterocycles. The third-order valence-electron chi connectivity index (χ3n) is 6.27. The van der Waals surface area contributed by atoms with E-state index in [-0.39, 0.29) is 17.2 Å². The number of ether oxygens (including phenoxy) is 3. The lowest BCUT2D eigenvalue weighted by Crippen LogP contribution is -2.36. The fraction of sp³-hybridized carbons (Fsp3) is 0.444. The van der Waals surface area contributed by atoms with Gasteiger partial charge in [-0.2, -0.15) is 0 Å².